The fourth-order valence-electron chi connectivity index (χ4n) is 3.33. The predicted molar refractivity (Wildman–Crippen MR) is 109 cm³/mol. The molecule has 0 saturated heterocycles. The maximum atomic E-state index is 13.0. The van der Waals surface area contributed by atoms with E-state index in [1.165, 1.54) is 4.57 Å². The van der Waals surface area contributed by atoms with Gasteiger partial charge in [0.05, 0.1) is 10.9 Å². The van der Waals surface area contributed by atoms with Crippen LogP contribution in [0.15, 0.2) is 62.5 Å². The summed E-state index contributed by atoms with van der Waals surface area (Å²) in [5.41, 5.74) is 0.953. The molecule has 8 nitrogen and oxygen atoms in total. The summed E-state index contributed by atoms with van der Waals surface area (Å²) in [5.74, 6) is -0.857. The van der Waals surface area contributed by atoms with Crippen LogP contribution in [0.2, 0.25) is 0 Å². The zero-order valence-corrected chi connectivity index (χ0v) is 16.0. The van der Waals surface area contributed by atoms with Gasteiger partial charge < -0.3 is 9.73 Å². The highest BCUT2D eigenvalue weighted by Crippen LogP contribution is 2.16. The van der Waals surface area contributed by atoms with E-state index in [4.69, 9.17) is 4.42 Å². The molecule has 0 aliphatic rings. The van der Waals surface area contributed by atoms with E-state index in [-0.39, 0.29) is 29.8 Å². The molecule has 2 heterocycles. The second-order valence-corrected chi connectivity index (χ2v) is 7.22. The van der Waals surface area contributed by atoms with Gasteiger partial charge in [-0.15, -0.1) is 0 Å². The van der Waals surface area contributed by atoms with Gasteiger partial charge in [0.2, 0.25) is 0 Å². The summed E-state index contributed by atoms with van der Waals surface area (Å²) < 4.78 is 6.80. The van der Waals surface area contributed by atoms with Crippen molar-refractivity contribution in [2.24, 2.45) is 5.92 Å². The number of amides is 1. The summed E-state index contributed by atoms with van der Waals surface area (Å²) >= 11 is 0. The van der Waals surface area contributed by atoms with Crippen molar-refractivity contribution in [3.63, 3.8) is 0 Å². The third-order valence-electron chi connectivity index (χ3n) is 4.99. The van der Waals surface area contributed by atoms with Gasteiger partial charge >= 0.3 is 5.76 Å². The van der Waals surface area contributed by atoms with Gasteiger partial charge in [-0.25, -0.2) is 9.89 Å². The third-order valence-corrected chi connectivity index (χ3v) is 4.99. The molecule has 29 heavy (non-hydrogen) atoms. The Hall–Kier alpha value is -3.68. The topological polar surface area (TPSA) is 110 Å². The minimum absolute atomic E-state index is 0.0357. The molecule has 0 unspecified atom stereocenters. The third kappa shape index (κ3) is 3.44. The lowest BCUT2D eigenvalue weighted by molar-refractivity contribution is 0.0916. The number of para-hydroxylation sites is 2. The first-order valence-electron chi connectivity index (χ1n) is 9.32. The first kappa shape index (κ1) is 18.7. The van der Waals surface area contributed by atoms with Crippen LogP contribution in [0.3, 0.4) is 0 Å². The number of nitrogens with one attached hydrogen (secondary N) is 2. The van der Waals surface area contributed by atoms with Crippen LogP contribution in [0.1, 0.15) is 24.3 Å². The van der Waals surface area contributed by atoms with Crippen LogP contribution < -0.4 is 16.6 Å². The Morgan fingerprint density at radius 3 is 2.55 bits per heavy atom. The number of nitrogens with zero attached hydrogens (tertiary/aromatic N) is 2. The van der Waals surface area contributed by atoms with Crippen LogP contribution in [0.25, 0.3) is 21.9 Å². The second kappa shape index (κ2) is 7.38. The molecule has 148 valence electrons. The Labute approximate surface area is 165 Å². The Morgan fingerprint density at radius 1 is 1.10 bits per heavy atom. The predicted octanol–water partition coefficient (Wildman–Crippen LogP) is 2.29. The first-order chi connectivity index (χ1) is 14.0. The number of aromatic nitrogens is 3. The molecule has 2 N–H and O–H groups in total. The molecule has 2 aromatic heterocycles. The van der Waals surface area contributed by atoms with Gasteiger partial charge in [-0.1, -0.05) is 44.2 Å². The summed E-state index contributed by atoms with van der Waals surface area (Å²) in [6, 6.07) is 13.6. The molecule has 0 radical (unpaired) electrons. The highest BCUT2D eigenvalue weighted by atomic mass is 16.4. The number of benzene rings is 2. The Balaban J connectivity index is 1.67. The summed E-state index contributed by atoms with van der Waals surface area (Å²) in [4.78, 5) is 37.2. The average molecular weight is 392 g/mol. The number of aromatic amines is 1. The van der Waals surface area contributed by atoms with Gasteiger partial charge in [-0.05, 0) is 24.1 Å². The number of carbonyl (C=O) groups is 1. The Kier molecular flexibility index (Phi) is 4.75. The summed E-state index contributed by atoms with van der Waals surface area (Å²) in [5, 5.41) is 10.1. The van der Waals surface area contributed by atoms with Gasteiger partial charge in [-0.3, -0.25) is 14.2 Å². The number of oxazole rings is 1. The molecule has 0 spiro atoms. The summed E-state index contributed by atoms with van der Waals surface area (Å²) in [6.07, 6.45) is 0. The van der Waals surface area contributed by atoms with Crippen molar-refractivity contribution in [3.8, 4) is 0 Å². The number of hydrogen-bond donors (Lipinski definition) is 2. The van der Waals surface area contributed by atoms with Crippen molar-refractivity contribution < 1.29 is 9.21 Å². The molecule has 0 aliphatic heterocycles. The fraction of sp³-hybridized carbons (Fsp3) is 0.238. The van der Waals surface area contributed by atoms with Crippen LogP contribution in [-0.2, 0) is 6.54 Å². The molecule has 1 amide bonds. The lowest BCUT2D eigenvalue weighted by Crippen LogP contribution is -2.43. The van der Waals surface area contributed by atoms with Gasteiger partial charge in [0.1, 0.15) is 0 Å². The smallest absolute Gasteiger partial charge is 0.408 e. The van der Waals surface area contributed by atoms with Crippen molar-refractivity contribution >= 4 is 27.8 Å². The molecule has 4 aromatic rings. The molecular weight excluding hydrogens is 372 g/mol. The standard InChI is InChI=1S/C21H20N4O4/c1-12(2)15(11-25-16-9-5-6-10-17(16)29-21(25)28)22-20(27)18-13-7-3-4-8-14(13)19(26)24-23-18/h3-10,12,15H,11H2,1-2H3,(H,22,27)(H,24,26)/t15-/m1/s1. The van der Waals surface area contributed by atoms with E-state index in [9.17, 15) is 14.4 Å². The molecule has 1 atom stereocenters. The Morgan fingerprint density at radius 2 is 1.79 bits per heavy atom. The number of fused-ring (bicyclic) bond motifs is 2. The van der Waals surface area contributed by atoms with Crippen molar-refractivity contribution in [1.82, 2.24) is 20.1 Å². The first-order valence-corrected chi connectivity index (χ1v) is 9.32. The van der Waals surface area contributed by atoms with Gasteiger partial charge in [0, 0.05) is 18.0 Å². The van der Waals surface area contributed by atoms with E-state index in [2.05, 4.69) is 15.5 Å². The monoisotopic (exact) mass is 392 g/mol. The molecule has 2 aromatic carbocycles. The minimum atomic E-state index is -0.473. The fourth-order valence-corrected chi connectivity index (χ4v) is 3.33. The van der Waals surface area contributed by atoms with E-state index in [0.717, 1.165) is 0 Å². The lowest BCUT2D eigenvalue weighted by atomic mass is 10.0. The molecule has 8 heteroatoms. The van der Waals surface area contributed by atoms with Crippen LogP contribution >= 0.6 is 0 Å². The largest absolute Gasteiger partial charge is 0.420 e. The molecule has 0 saturated carbocycles. The number of carbonyl (C=O) groups excluding carboxylic acids is 1. The van der Waals surface area contributed by atoms with E-state index in [1.54, 1.807) is 42.5 Å². The quantitative estimate of drug-likeness (QED) is 0.541. The van der Waals surface area contributed by atoms with Crippen molar-refractivity contribution in [2.45, 2.75) is 26.4 Å². The van der Waals surface area contributed by atoms with E-state index in [0.29, 0.717) is 21.9 Å². The molecule has 0 fully saturated rings. The van der Waals surface area contributed by atoms with Gasteiger partial charge in [-0.2, -0.15) is 5.10 Å². The highest BCUT2D eigenvalue weighted by molar-refractivity contribution is 6.04. The van der Waals surface area contributed by atoms with E-state index < -0.39 is 11.7 Å². The molecule has 0 bridgehead atoms. The Bertz CT molecular complexity index is 1320. The second-order valence-electron chi connectivity index (χ2n) is 7.22. The van der Waals surface area contributed by atoms with Crippen LogP contribution in [0.4, 0.5) is 0 Å². The van der Waals surface area contributed by atoms with Crippen LogP contribution in [0.5, 0.6) is 0 Å². The molecule has 0 aliphatic carbocycles. The zero-order valence-electron chi connectivity index (χ0n) is 16.0. The maximum absolute atomic E-state index is 13.0. The number of hydrogen-bond acceptors (Lipinski definition) is 5. The average Bonchev–Trinajstić information content (AvgIpc) is 3.03. The van der Waals surface area contributed by atoms with Crippen molar-refractivity contribution in [3.05, 3.63) is 75.1 Å². The highest BCUT2D eigenvalue weighted by Gasteiger charge is 2.23. The summed E-state index contributed by atoms with van der Waals surface area (Å²) in [7, 11) is 0. The van der Waals surface area contributed by atoms with Crippen LogP contribution in [-0.4, -0.2) is 26.7 Å². The van der Waals surface area contributed by atoms with Gasteiger partial charge in [0.15, 0.2) is 11.3 Å². The van der Waals surface area contributed by atoms with Crippen molar-refractivity contribution in [2.75, 3.05) is 0 Å². The lowest BCUT2D eigenvalue weighted by Gasteiger charge is -2.22. The summed E-state index contributed by atoms with van der Waals surface area (Å²) in [6.45, 7) is 4.16. The zero-order chi connectivity index (χ0) is 20.5. The number of H-pyrrole nitrogens is 1. The minimum Gasteiger partial charge on any atom is -0.408 e. The normalized spacial score (nSPS) is 12.5. The van der Waals surface area contributed by atoms with Crippen LogP contribution in [0, 0.1) is 5.92 Å². The van der Waals surface area contributed by atoms with Gasteiger partial charge in [0.25, 0.3) is 11.5 Å². The van der Waals surface area contributed by atoms with E-state index >= 15 is 0 Å². The number of rotatable bonds is 5. The SMILES string of the molecule is CC(C)[C@@H](Cn1c(=O)oc2ccccc21)NC(=O)c1n[nH]c(=O)c2ccccc12. The van der Waals surface area contributed by atoms with E-state index in [1.807, 2.05) is 19.9 Å². The van der Waals surface area contributed by atoms with Crippen molar-refractivity contribution in [1.29, 1.82) is 0 Å². The molecular formula is C21H20N4O4. The molecule has 4 rings (SSSR count). The maximum Gasteiger partial charge on any atom is 0.420 e.